The highest BCUT2D eigenvalue weighted by atomic mass is 35.5. The monoisotopic (exact) mass is 418 g/mol. The number of ether oxygens (including phenoxy) is 1. The minimum atomic E-state index is -1.38. The second-order valence-corrected chi connectivity index (χ2v) is 7.11. The zero-order valence-corrected chi connectivity index (χ0v) is 16.6. The van der Waals surface area contributed by atoms with E-state index >= 15 is 0 Å². The van der Waals surface area contributed by atoms with Crippen LogP contribution < -0.4 is 5.32 Å². The van der Waals surface area contributed by atoms with Crippen molar-refractivity contribution < 1.29 is 19.4 Å². The van der Waals surface area contributed by atoms with E-state index in [1.165, 1.54) is 17.3 Å². The van der Waals surface area contributed by atoms with Crippen LogP contribution in [0.15, 0.2) is 42.7 Å². The number of likely N-dealkylation sites (tertiary alicyclic amines) is 1. The number of amides is 2. The summed E-state index contributed by atoms with van der Waals surface area (Å²) in [5.41, 5.74) is 1.27. The van der Waals surface area contributed by atoms with Crippen molar-refractivity contribution in [3.05, 3.63) is 59.1 Å². The van der Waals surface area contributed by atoms with Crippen molar-refractivity contribution in [2.45, 2.75) is 44.6 Å². The zero-order valence-electron chi connectivity index (χ0n) is 15.8. The first kappa shape index (κ1) is 21.0. The molecular weight excluding hydrogens is 396 g/mol. The Bertz CT molecular complexity index is 836. The van der Waals surface area contributed by atoms with Gasteiger partial charge in [0.2, 0.25) is 0 Å². The maximum Gasteiger partial charge on any atom is 0.410 e. The van der Waals surface area contributed by atoms with E-state index in [0.29, 0.717) is 18.7 Å². The van der Waals surface area contributed by atoms with Gasteiger partial charge in [0.25, 0.3) is 5.91 Å². The molecule has 0 radical (unpaired) electrons. The molecule has 2 aromatic rings. The summed E-state index contributed by atoms with van der Waals surface area (Å²) >= 11 is 5.93. The third kappa shape index (κ3) is 5.65. The van der Waals surface area contributed by atoms with Gasteiger partial charge in [-0.25, -0.2) is 9.78 Å². The molecule has 1 fully saturated rings. The number of rotatable bonds is 6. The second-order valence-electron chi connectivity index (χ2n) is 6.75. The Hall–Kier alpha value is -2.71. The lowest BCUT2D eigenvalue weighted by atomic mass is 9.97. The van der Waals surface area contributed by atoms with Crippen molar-refractivity contribution in [1.82, 2.24) is 20.2 Å². The number of piperidine rings is 1. The SMILES string of the molecule is O=C(NCc1nccnc1Cl)C(O)C1CCCCN1C(=O)OCc1ccccc1. The number of aliphatic hydroxyl groups excluding tert-OH is 1. The molecule has 2 amide bonds. The molecule has 29 heavy (non-hydrogen) atoms. The molecule has 3 rings (SSSR count). The molecule has 0 saturated carbocycles. The number of halogens is 1. The van der Waals surface area contributed by atoms with Crippen LogP contribution in [0.4, 0.5) is 4.79 Å². The highest BCUT2D eigenvalue weighted by Crippen LogP contribution is 2.21. The summed E-state index contributed by atoms with van der Waals surface area (Å²) in [7, 11) is 0. The van der Waals surface area contributed by atoms with Crippen LogP contribution in [-0.4, -0.2) is 50.7 Å². The number of carbonyl (C=O) groups excluding carboxylic acids is 2. The van der Waals surface area contributed by atoms with Crippen molar-refractivity contribution in [2.75, 3.05) is 6.54 Å². The molecule has 9 heteroatoms. The van der Waals surface area contributed by atoms with Gasteiger partial charge < -0.3 is 20.1 Å². The van der Waals surface area contributed by atoms with Crippen molar-refractivity contribution in [1.29, 1.82) is 0 Å². The van der Waals surface area contributed by atoms with Gasteiger partial charge in [0.15, 0.2) is 11.3 Å². The van der Waals surface area contributed by atoms with Gasteiger partial charge >= 0.3 is 6.09 Å². The fraction of sp³-hybridized carbons (Fsp3) is 0.400. The van der Waals surface area contributed by atoms with Crippen LogP contribution in [0, 0.1) is 0 Å². The number of nitrogens with one attached hydrogen (secondary N) is 1. The summed E-state index contributed by atoms with van der Waals surface area (Å²) in [4.78, 5) is 34.4. The first-order chi connectivity index (χ1) is 14.1. The molecule has 8 nitrogen and oxygen atoms in total. The molecule has 1 saturated heterocycles. The summed E-state index contributed by atoms with van der Waals surface area (Å²) in [5, 5.41) is 13.3. The summed E-state index contributed by atoms with van der Waals surface area (Å²) in [6, 6.07) is 8.69. The van der Waals surface area contributed by atoms with Gasteiger partial charge in [0.1, 0.15) is 6.61 Å². The molecule has 2 N–H and O–H groups in total. The molecule has 1 aromatic heterocycles. The molecule has 1 aromatic carbocycles. The smallest absolute Gasteiger partial charge is 0.410 e. The van der Waals surface area contributed by atoms with E-state index in [1.807, 2.05) is 30.3 Å². The average molecular weight is 419 g/mol. The van der Waals surface area contributed by atoms with Gasteiger partial charge in [0, 0.05) is 18.9 Å². The Morgan fingerprint density at radius 1 is 1.24 bits per heavy atom. The molecule has 1 aliphatic heterocycles. The molecule has 2 heterocycles. The average Bonchev–Trinajstić information content (AvgIpc) is 2.77. The van der Waals surface area contributed by atoms with Crippen molar-refractivity contribution in [3.63, 3.8) is 0 Å². The van der Waals surface area contributed by atoms with E-state index in [2.05, 4.69) is 15.3 Å². The Kier molecular flexibility index (Phi) is 7.37. The lowest BCUT2D eigenvalue weighted by Gasteiger charge is -2.37. The number of aromatic nitrogens is 2. The van der Waals surface area contributed by atoms with Crippen LogP contribution in [0.25, 0.3) is 0 Å². The molecule has 0 aliphatic carbocycles. The fourth-order valence-electron chi connectivity index (χ4n) is 3.23. The van der Waals surface area contributed by atoms with Gasteiger partial charge in [-0.3, -0.25) is 9.78 Å². The number of aliphatic hydroxyl groups is 1. The topological polar surface area (TPSA) is 105 Å². The number of hydrogen-bond donors (Lipinski definition) is 2. The van der Waals surface area contributed by atoms with Crippen LogP contribution in [-0.2, 0) is 22.7 Å². The first-order valence-electron chi connectivity index (χ1n) is 9.44. The number of nitrogens with zero attached hydrogens (tertiary/aromatic N) is 3. The third-order valence-corrected chi connectivity index (χ3v) is 5.09. The van der Waals surface area contributed by atoms with E-state index in [0.717, 1.165) is 18.4 Å². The van der Waals surface area contributed by atoms with E-state index in [4.69, 9.17) is 16.3 Å². The van der Waals surface area contributed by atoms with Crippen molar-refractivity contribution in [2.24, 2.45) is 0 Å². The summed E-state index contributed by atoms with van der Waals surface area (Å²) in [6.45, 7) is 0.600. The molecular formula is C20H23ClN4O4. The standard InChI is InChI=1S/C20H23ClN4O4/c21-18-15(22-9-10-23-18)12-24-19(27)17(26)16-8-4-5-11-25(16)20(28)29-13-14-6-2-1-3-7-14/h1-3,6-7,9-10,16-17,26H,4-5,8,11-13H2,(H,24,27). The molecule has 0 spiro atoms. The van der Waals surface area contributed by atoms with Crippen LogP contribution in [0.1, 0.15) is 30.5 Å². The molecule has 2 unspecified atom stereocenters. The fourth-order valence-corrected chi connectivity index (χ4v) is 3.41. The van der Waals surface area contributed by atoms with E-state index in [1.54, 1.807) is 0 Å². The van der Waals surface area contributed by atoms with Gasteiger partial charge in [-0.05, 0) is 24.8 Å². The lowest BCUT2D eigenvalue weighted by Crippen LogP contribution is -2.54. The predicted octanol–water partition coefficient (Wildman–Crippen LogP) is 2.30. The van der Waals surface area contributed by atoms with Gasteiger partial charge in [-0.1, -0.05) is 41.9 Å². The third-order valence-electron chi connectivity index (χ3n) is 4.78. The number of carbonyl (C=O) groups is 2. The first-order valence-corrected chi connectivity index (χ1v) is 9.82. The summed E-state index contributed by atoms with van der Waals surface area (Å²) in [6.07, 6.45) is 3.12. The Morgan fingerprint density at radius 2 is 2.00 bits per heavy atom. The summed E-state index contributed by atoms with van der Waals surface area (Å²) in [5.74, 6) is -0.598. The lowest BCUT2D eigenvalue weighted by molar-refractivity contribution is -0.133. The van der Waals surface area contributed by atoms with Crippen LogP contribution in [0.2, 0.25) is 5.15 Å². The second kappa shape index (κ2) is 10.2. The van der Waals surface area contributed by atoms with Crippen molar-refractivity contribution >= 4 is 23.6 Å². The number of benzene rings is 1. The largest absolute Gasteiger partial charge is 0.445 e. The Morgan fingerprint density at radius 3 is 2.76 bits per heavy atom. The van der Waals surface area contributed by atoms with Crippen LogP contribution in [0.3, 0.4) is 0 Å². The molecule has 154 valence electrons. The maximum atomic E-state index is 12.6. The zero-order chi connectivity index (χ0) is 20.6. The van der Waals surface area contributed by atoms with Crippen molar-refractivity contribution in [3.8, 4) is 0 Å². The van der Waals surface area contributed by atoms with Gasteiger partial charge in [-0.15, -0.1) is 0 Å². The number of hydrogen-bond acceptors (Lipinski definition) is 6. The van der Waals surface area contributed by atoms with E-state index in [9.17, 15) is 14.7 Å². The highest BCUT2D eigenvalue weighted by molar-refractivity contribution is 6.29. The minimum Gasteiger partial charge on any atom is -0.445 e. The van der Waals surface area contributed by atoms with Crippen LogP contribution >= 0.6 is 11.6 Å². The molecule has 1 aliphatic rings. The minimum absolute atomic E-state index is 0.0355. The Balaban J connectivity index is 1.58. The normalized spacial score (nSPS) is 17.4. The predicted molar refractivity (Wildman–Crippen MR) is 106 cm³/mol. The molecule has 0 bridgehead atoms. The highest BCUT2D eigenvalue weighted by Gasteiger charge is 2.36. The van der Waals surface area contributed by atoms with Gasteiger partial charge in [0.05, 0.1) is 18.3 Å². The van der Waals surface area contributed by atoms with Gasteiger partial charge in [-0.2, -0.15) is 0 Å². The van der Waals surface area contributed by atoms with Crippen LogP contribution in [0.5, 0.6) is 0 Å². The Labute approximate surface area is 173 Å². The van der Waals surface area contributed by atoms with E-state index < -0.39 is 24.1 Å². The molecule has 2 atom stereocenters. The summed E-state index contributed by atoms with van der Waals surface area (Å²) < 4.78 is 5.38. The quantitative estimate of drug-likeness (QED) is 0.745. The maximum absolute atomic E-state index is 12.6. The van der Waals surface area contributed by atoms with E-state index in [-0.39, 0.29) is 18.3 Å².